The molecule has 2 aromatic carbocycles. The predicted octanol–water partition coefficient (Wildman–Crippen LogP) is 5.14. The second-order valence-corrected chi connectivity index (χ2v) is 7.92. The number of ether oxygens (including phenoxy) is 1. The maximum atomic E-state index is 12.8. The molecule has 4 heteroatoms. The zero-order chi connectivity index (χ0) is 19.7. The van der Waals surface area contributed by atoms with Crippen LogP contribution in [0.5, 0.6) is 0 Å². The summed E-state index contributed by atoms with van der Waals surface area (Å²) < 4.78 is 5.66. The summed E-state index contributed by atoms with van der Waals surface area (Å²) in [4.78, 5) is 26.9. The largest absolute Gasteiger partial charge is 0.448 e. The van der Waals surface area contributed by atoms with Crippen molar-refractivity contribution in [2.75, 3.05) is 13.2 Å². The number of nitrogens with zero attached hydrogens (tertiary/aromatic N) is 1. The van der Waals surface area contributed by atoms with E-state index >= 15 is 0 Å². The van der Waals surface area contributed by atoms with Crippen LogP contribution in [0, 0.1) is 5.41 Å². The molecule has 2 aliphatic rings. The lowest BCUT2D eigenvalue weighted by atomic mass is 9.78. The van der Waals surface area contributed by atoms with Gasteiger partial charge in [0.15, 0.2) is 0 Å². The summed E-state index contributed by atoms with van der Waals surface area (Å²) in [5, 5.41) is 0. The first kappa shape index (κ1) is 18.5. The van der Waals surface area contributed by atoms with Crippen LogP contribution in [0.25, 0.3) is 11.1 Å². The summed E-state index contributed by atoms with van der Waals surface area (Å²) >= 11 is 0. The second-order valence-electron chi connectivity index (χ2n) is 7.92. The number of piperidine rings is 1. The highest BCUT2D eigenvalue weighted by Gasteiger charge is 2.42. The number of benzene rings is 2. The van der Waals surface area contributed by atoms with Crippen LogP contribution in [0.2, 0.25) is 0 Å². The van der Waals surface area contributed by atoms with Crippen molar-refractivity contribution in [2.45, 2.75) is 32.1 Å². The summed E-state index contributed by atoms with van der Waals surface area (Å²) in [6.45, 7) is 6.30. The van der Waals surface area contributed by atoms with E-state index in [1.807, 2.05) is 31.2 Å². The zero-order valence-corrected chi connectivity index (χ0v) is 16.2. The lowest BCUT2D eigenvalue weighted by Gasteiger charge is -2.37. The van der Waals surface area contributed by atoms with E-state index in [9.17, 15) is 9.59 Å². The van der Waals surface area contributed by atoms with Crippen LogP contribution >= 0.6 is 0 Å². The van der Waals surface area contributed by atoms with Gasteiger partial charge in [-0.05, 0) is 41.5 Å². The fourth-order valence-corrected chi connectivity index (χ4v) is 4.52. The highest BCUT2D eigenvalue weighted by atomic mass is 16.6. The van der Waals surface area contributed by atoms with E-state index < -0.39 is 11.5 Å². The number of carbonyl (C=O) groups is 2. The van der Waals surface area contributed by atoms with Gasteiger partial charge in [0.25, 0.3) is 0 Å². The van der Waals surface area contributed by atoms with Gasteiger partial charge in [-0.2, -0.15) is 0 Å². The minimum atomic E-state index is -0.564. The van der Waals surface area contributed by atoms with E-state index in [1.54, 1.807) is 6.08 Å². The van der Waals surface area contributed by atoms with Crippen LogP contribution in [-0.2, 0) is 9.53 Å². The van der Waals surface area contributed by atoms with Crippen LogP contribution < -0.4 is 0 Å². The maximum Gasteiger partial charge on any atom is 0.416 e. The topological polar surface area (TPSA) is 46.6 Å². The highest BCUT2D eigenvalue weighted by molar-refractivity contribution is 5.96. The van der Waals surface area contributed by atoms with Gasteiger partial charge in [0.05, 0.1) is 5.41 Å². The summed E-state index contributed by atoms with van der Waals surface area (Å²) in [6.07, 6.45) is 3.34. The maximum absolute atomic E-state index is 12.8. The number of fused-ring (bicyclic) bond motifs is 3. The van der Waals surface area contributed by atoms with Crippen molar-refractivity contribution in [3.8, 4) is 11.1 Å². The highest BCUT2D eigenvalue weighted by Crippen LogP contribution is 2.44. The molecule has 0 aromatic heterocycles. The van der Waals surface area contributed by atoms with Gasteiger partial charge < -0.3 is 4.74 Å². The number of amides is 2. The second kappa shape index (κ2) is 7.27. The third-order valence-corrected chi connectivity index (χ3v) is 6.02. The van der Waals surface area contributed by atoms with Gasteiger partial charge in [0.2, 0.25) is 5.91 Å². The van der Waals surface area contributed by atoms with Crippen LogP contribution in [0.3, 0.4) is 0 Å². The summed E-state index contributed by atoms with van der Waals surface area (Å²) in [5.41, 5.74) is 4.14. The number of hydrogen-bond donors (Lipinski definition) is 0. The normalized spacial score (nSPS) is 21.2. The van der Waals surface area contributed by atoms with E-state index in [1.165, 1.54) is 16.0 Å². The molecular weight excluding hydrogens is 350 g/mol. The van der Waals surface area contributed by atoms with Gasteiger partial charge in [0, 0.05) is 12.5 Å². The molecule has 144 valence electrons. The first-order valence-electron chi connectivity index (χ1n) is 9.83. The van der Waals surface area contributed by atoms with Gasteiger partial charge >= 0.3 is 6.09 Å². The molecule has 1 aliphatic carbocycles. The molecule has 0 unspecified atom stereocenters. The van der Waals surface area contributed by atoms with Crippen molar-refractivity contribution in [3.63, 3.8) is 0 Å². The molecule has 0 N–H and O–H groups in total. The molecule has 1 heterocycles. The van der Waals surface area contributed by atoms with Crippen molar-refractivity contribution in [1.82, 2.24) is 4.90 Å². The molecule has 2 aromatic rings. The first-order valence-corrected chi connectivity index (χ1v) is 9.83. The molecule has 0 radical (unpaired) electrons. The standard InChI is InChI=1S/C24H25NO3/c1-3-13-24(2)14-8-15-25(22(24)26)23(27)28-16-21-19-11-6-4-9-17(19)18-10-5-7-12-20(18)21/h3-7,9-12,21H,1,8,13-16H2,2H3/t24-/m1/s1. The quantitative estimate of drug-likeness (QED) is 0.695. The number of likely N-dealkylation sites (tertiary alicyclic amines) is 1. The zero-order valence-electron chi connectivity index (χ0n) is 16.2. The molecule has 28 heavy (non-hydrogen) atoms. The van der Waals surface area contributed by atoms with E-state index in [-0.39, 0.29) is 18.4 Å². The Hall–Kier alpha value is -2.88. The Bertz CT molecular complexity index is 889. The Balaban J connectivity index is 1.51. The Kier molecular flexibility index (Phi) is 4.80. The molecule has 2 amide bonds. The summed E-state index contributed by atoms with van der Waals surface area (Å²) in [6, 6.07) is 16.4. The number of carbonyl (C=O) groups excluding carboxylic acids is 2. The number of rotatable bonds is 4. The minimum absolute atomic E-state index is 0.00389. The van der Waals surface area contributed by atoms with Crippen molar-refractivity contribution in [1.29, 1.82) is 0 Å². The lowest BCUT2D eigenvalue weighted by molar-refractivity contribution is -0.142. The molecule has 1 fully saturated rings. The van der Waals surface area contributed by atoms with Crippen LogP contribution in [-0.4, -0.2) is 30.1 Å². The fourth-order valence-electron chi connectivity index (χ4n) is 4.52. The van der Waals surface area contributed by atoms with Crippen molar-refractivity contribution >= 4 is 12.0 Å². The predicted molar refractivity (Wildman–Crippen MR) is 109 cm³/mol. The number of hydrogen-bond acceptors (Lipinski definition) is 3. The van der Waals surface area contributed by atoms with Crippen LogP contribution in [0.15, 0.2) is 61.2 Å². The molecule has 1 atom stereocenters. The van der Waals surface area contributed by atoms with E-state index in [0.29, 0.717) is 13.0 Å². The van der Waals surface area contributed by atoms with E-state index in [2.05, 4.69) is 30.8 Å². The average molecular weight is 375 g/mol. The summed E-state index contributed by atoms with van der Waals surface area (Å²) in [7, 11) is 0. The third kappa shape index (κ3) is 3.03. The van der Waals surface area contributed by atoms with Crippen molar-refractivity contribution in [3.05, 3.63) is 72.3 Å². The third-order valence-electron chi connectivity index (χ3n) is 6.02. The Morgan fingerprint density at radius 1 is 1.18 bits per heavy atom. The smallest absolute Gasteiger partial charge is 0.416 e. The number of imide groups is 1. The van der Waals surface area contributed by atoms with Crippen molar-refractivity contribution in [2.24, 2.45) is 5.41 Å². The van der Waals surface area contributed by atoms with Crippen LogP contribution in [0.1, 0.15) is 43.2 Å². The minimum Gasteiger partial charge on any atom is -0.448 e. The lowest BCUT2D eigenvalue weighted by Crippen LogP contribution is -2.50. The molecule has 0 bridgehead atoms. The van der Waals surface area contributed by atoms with E-state index in [4.69, 9.17) is 4.74 Å². The SMILES string of the molecule is C=CC[C@]1(C)CCCN(C(=O)OCC2c3ccccc3-c3ccccc32)C1=O. The van der Waals surface area contributed by atoms with Gasteiger partial charge in [-0.1, -0.05) is 61.5 Å². The Morgan fingerprint density at radius 3 is 2.39 bits per heavy atom. The molecular formula is C24H25NO3. The molecule has 1 saturated heterocycles. The average Bonchev–Trinajstić information content (AvgIpc) is 3.02. The van der Waals surface area contributed by atoms with Gasteiger partial charge in [-0.3, -0.25) is 4.79 Å². The van der Waals surface area contributed by atoms with Gasteiger partial charge in [0.1, 0.15) is 6.61 Å². The molecule has 0 spiro atoms. The number of allylic oxidation sites excluding steroid dienone is 1. The Morgan fingerprint density at radius 2 is 1.79 bits per heavy atom. The first-order chi connectivity index (χ1) is 13.5. The monoisotopic (exact) mass is 375 g/mol. The summed E-state index contributed by atoms with van der Waals surface area (Å²) in [5.74, 6) is -0.160. The van der Waals surface area contributed by atoms with Gasteiger partial charge in [-0.25, -0.2) is 9.69 Å². The van der Waals surface area contributed by atoms with E-state index in [0.717, 1.165) is 24.0 Å². The fraction of sp³-hybridized carbons (Fsp3) is 0.333. The van der Waals surface area contributed by atoms with Crippen molar-refractivity contribution < 1.29 is 14.3 Å². The molecule has 4 nitrogen and oxygen atoms in total. The van der Waals surface area contributed by atoms with Gasteiger partial charge in [-0.15, -0.1) is 6.58 Å². The molecule has 4 rings (SSSR count). The molecule has 0 saturated carbocycles. The Labute approximate surface area is 165 Å². The van der Waals surface area contributed by atoms with Crippen LogP contribution in [0.4, 0.5) is 4.79 Å². The molecule has 1 aliphatic heterocycles.